The van der Waals surface area contributed by atoms with Gasteiger partial charge in [0.15, 0.2) is 0 Å². The van der Waals surface area contributed by atoms with Crippen molar-refractivity contribution in [3.8, 4) is 33.6 Å². The third-order valence-electron chi connectivity index (χ3n) is 6.92. The standard InChI is InChI=1S/C28H16BN7.Pt/c1-3-7-25-21(5-1)23-11-9-19(35-30-13-14-31-35)17-27(23)34-28-18-20(36-32-15-16-33-36)10-12-24(28)22-6-2-4-8-26(22)29(25)34;/h1-16H;/q-2;+2. The second-order valence-corrected chi connectivity index (χ2v) is 8.80. The molecule has 0 aliphatic carbocycles. The first-order chi connectivity index (χ1) is 17.9. The SMILES string of the molecule is [Pt+2].[c-]1c(-n2nccn2)ccc2c1N1B(c3ccccc3-2)c2ccccc2-c2ccc(-n3nccn3)[c-]c21. The van der Waals surface area contributed by atoms with Crippen molar-refractivity contribution in [2.75, 3.05) is 4.81 Å². The van der Waals surface area contributed by atoms with Crippen LogP contribution in [0.15, 0.2) is 97.6 Å². The van der Waals surface area contributed by atoms with Crippen LogP contribution in [-0.4, -0.2) is 36.8 Å². The first-order valence-electron chi connectivity index (χ1n) is 11.7. The minimum Gasteiger partial charge on any atom is -0.418 e. The summed E-state index contributed by atoms with van der Waals surface area (Å²) in [5.41, 5.74) is 10.6. The van der Waals surface area contributed by atoms with Gasteiger partial charge in [0, 0.05) is 0 Å². The van der Waals surface area contributed by atoms with Crippen molar-refractivity contribution in [3.05, 3.63) is 110 Å². The average Bonchev–Trinajstić information content (AvgIpc) is 3.67. The third kappa shape index (κ3) is 3.19. The minimum absolute atomic E-state index is 0. The Bertz CT molecular complexity index is 1640. The maximum atomic E-state index is 4.34. The summed E-state index contributed by atoms with van der Waals surface area (Å²) in [4.78, 5) is 5.54. The molecule has 7 nitrogen and oxygen atoms in total. The van der Waals surface area contributed by atoms with E-state index in [2.05, 4.69) is 98.0 Å². The van der Waals surface area contributed by atoms with E-state index in [1.54, 1.807) is 34.4 Å². The van der Waals surface area contributed by atoms with Gasteiger partial charge in [-0.15, -0.1) is 35.4 Å². The zero-order valence-electron chi connectivity index (χ0n) is 19.3. The molecule has 8 rings (SSSR count). The fourth-order valence-corrected chi connectivity index (χ4v) is 5.45. The van der Waals surface area contributed by atoms with Gasteiger partial charge in [-0.3, -0.25) is 0 Å². The van der Waals surface area contributed by atoms with E-state index in [-0.39, 0.29) is 27.9 Å². The molecule has 9 heteroatoms. The van der Waals surface area contributed by atoms with E-state index in [0.29, 0.717) is 0 Å². The number of aromatic nitrogens is 6. The molecule has 37 heavy (non-hydrogen) atoms. The largest absolute Gasteiger partial charge is 2.00 e. The van der Waals surface area contributed by atoms with E-state index in [4.69, 9.17) is 0 Å². The summed E-state index contributed by atoms with van der Waals surface area (Å²) in [7, 11) is 0. The van der Waals surface area contributed by atoms with Gasteiger partial charge in [0.2, 0.25) is 0 Å². The summed E-state index contributed by atoms with van der Waals surface area (Å²) in [5.74, 6) is 0. The molecule has 0 amide bonds. The van der Waals surface area contributed by atoms with Crippen molar-refractivity contribution in [1.29, 1.82) is 0 Å². The fourth-order valence-electron chi connectivity index (χ4n) is 5.45. The van der Waals surface area contributed by atoms with E-state index in [1.807, 2.05) is 12.1 Å². The molecular formula is C28H16BN7Pt. The zero-order chi connectivity index (χ0) is 23.6. The van der Waals surface area contributed by atoms with Crippen LogP contribution in [0.25, 0.3) is 33.6 Å². The number of benzene rings is 4. The second-order valence-electron chi connectivity index (χ2n) is 8.80. The maximum Gasteiger partial charge on any atom is 2.00 e. The topological polar surface area (TPSA) is 64.7 Å². The Morgan fingerprint density at radius 2 is 0.946 bits per heavy atom. The van der Waals surface area contributed by atoms with Crippen molar-refractivity contribution < 1.29 is 21.1 Å². The van der Waals surface area contributed by atoms with Gasteiger partial charge in [-0.05, 0) is 11.4 Å². The van der Waals surface area contributed by atoms with Crippen LogP contribution in [0.5, 0.6) is 0 Å². The van der Waals surface area contributed by atoms with Crippen LogP contribution in [0, 0.1) is 12.1 Å². The summed E-state index contributed by atoms with van der Waals surface area (Å²) in [6.07, 6.45) is 6.70. The molecule has 2 aliphatic rings. The molecule has 0 fully saturated rings. The predicted molar refractivity (Wildman–Crippen MR) is 138 cm³/mol. The molecule has 6 aromatic rings. The van der Waals surface area contributed by atoms with Crippen molar-refractivity contribution >= 4 is 29.1 Å². The van der Waals surface area contributed by atoms with Gasteiger partial charge in [0.05, 0.1) is 24.8 Å². The molecule has 4 aromatic carbocycles. The Balaban J connectivity index is 0.00000231. The van der Waals surface area contributed by atoms with Crippen LogP contribution in [0.4, 0.5) is 11.4 Å². The van der Waals surface area contributed by atoms with E-state index >= 15 is 0 Å². The van der Waals surface area contributed by atoms with Crippen LogP contribution in [-0.2, 0) is 21.1 Å². The van der Waals surface area contributed by atoms with Crippen molar-refractivity contribution in [3.63, 3.8) is 0 Å². The summed E-state index contributed by atoms with van der Waals surface area (Å²) >= 11 is 0. The molecule has 0 radical (unpaired) electrons. The smallest absolute Gasteiger partial charge is 0.418 e. The number of hydrogen-bond donors (Lipinski definition) is 0. The van der Waals surface area contributed by atoms with Gasteiger partial charge in [-0.1, -0.05) is 82.0 Å². The quantitative estimate of drug-likeness (QED) is 0.212. The second kappa shape index (κ2) is 8.39. The van der Waals surface area contributed by atoms with Crippen molar-refractivity contribution in [2.24, 2.45) is 0 Å². The maximum absolute atomic E-state index is 4.34. The monoisotopic (exact) mass is 656 g/mol. The summed E-state index contributed by atoms with van der Waals surface area (Å²) < 4.78 is 0. The Morgan fingerprint density at radius 1 is 0.514 bits per heavy atom. The first-order valence-corrected chi connectivity index (χ1v) is 11.7. The van der Waals surface area contributed by atoms with Crippen LogP contribution in [0.3, 0.4) is 0 Å². The van der Waals surface area contributed by atoms with E-state index < -0.39 is 0 Å². The van der Waals surface area contributed by atoms with Crippen LogP contribution in [0.2, 0.25) is 0 Å². The van der Waals surface area contributed by atoms with Crippen LogP contribution < -0.4 is 15.7 Å². The minimum atomic E-state index is -0.0356. The Labute approximate surface area is 227 Å². The molecule has 2 aliphatic heterocycles. The molecule has 0 N–H and O–H groups in total. The Kier molecular flexibility index (Phi) is 4.98. The van der Waals surface area contributed by atoms with Gasteiger partial charge in [0.25, 0.3) is 0 Å². The molecule has 0 saturated heterocycles. The van der Waals surface area contributed by atoms with Crippen LogP contribution in [0.1, 0.15) is 0 Å². The predicted octanol–water partition coefficient (Wildman–Crippen LogP) is 3.35. The van der Waals surface area contributed by atoms with Gasteiger partial charge in [0.1, 0.15) is 0 Å². The summed E-state index contributed by atoms with van der Waals surface area (Å²) in [5, 5.41) is 17.4. The number of fused-ring (bicyclic) bond motifs is 11. The third-order valence-corrected chi connectivity index (χ3v) is 6.92. The zero-order valence-corrected chi connectivity index (χ0v) is 21.5. The Morgan fingerprint density at radius 3 is 1.41 bits per heavy atom. The van der Waals surface area contributed by atoms with Gasteiger partial charge in [-0.25, -0.2) is 0 Å². The Hall–Kier alpha value is -4.29. The number of hydrogen-bond acceptors (Lipinski definition) is 5. The molecule has 0 saturated carbocycles. The van der Waals surface area contributed by atoms with E-state index in [0.717, 1.165) is 33.9 Å². The summed E-state index contributed by atoms with van der Waals surface area (Å²) in [6, 6.07) is 32.8. The summed E-state index contributed by atoms with van der Waals surface area (Å²) in [6.45, 7) is -0.0356. The number of nitrogens with zero attached hydrogens (tertiary/aromatic N) is 7. The number of rotatable bonds is 2. The van der Waals surface area contributed by atoms with Gasteiger partial charge >= 0.3 is 27.9 Å². The molecule has 0 spiro atoms. The first kappa shape index (κ1) is 22.0. The molecule has 0 atom stereocenters. The molecule has 4 heterocycles. The fraction of sp³-hybridized carbons (Fsp3) is 0. The normalized spacial score (nSPS) is 12.5. The van der Waals surface area contributed by atoms with Gasteiger partial charge in [-0.2, -0.15) is 42.1 Å². The molecule has 0 bridgehead atoms. The van der Waals surface area contributed by atoms with Gasteiger partial charge < -0.3 is 4.81 Å². The molecular weight excluding hydrogens is 640 g/mol. The van der Waals surface area contributed by atoms with Crippen LogP contribution >= 0.6 is 0 Å². The molecule has 2 aromatic heterocycles. The average molecular weight is 656 g/mol. The number of anilines is 2. The van der Waals surface area contributed by atoms with E-state index in [1.165, 1.54) is 22.1 Å². The molecule has 0 unspecified atom stereocenters. The van der Waals surface area contributed by atoms with E-state index in [9.17, 15) is 0 Å². The van der Waals surface area contributed by atoms with Crippen molar-refractivity contribution in [1.82, 2.24) is 30.0 Å². The van der Waals surface area contributed by atoms with Crippen molar-refractivity contribution in [2.45, 2.75) is 0 Å². The molecule has 176 valence electrons.